The fraction of sp³-hybridized carbons (Fsp3) is 0.308. The lowest BCUT2D eigenvalue weighted by Crippen LogP contribution is -2.24. The molecule has 0 amide bonds. The van der Waals surface area contributed by atoms with Gasteiger partial charge >= 0.3 is 5.97 Å². The van der Waals surface area contributed by atoms with Crippen LogP contribution in [0.3, 0.4) is 0 Å². The Bertz CT molecular complexity index is 383. The lowest BCUT2D eigenvalue weighted by Gasteiger charge is -2.23. The largest absolute Gasteiger partial charge is 0.456 e. The van der Waals surface area contributed by atoms with Crippen LogP contribution >= 0.6 is 0 Å². The van der Waals surface area contributed by atoms with Crippen molar-refractivity contribution in [2.24, 2.45) is 0 Å². The predicted octanol–water partition coefficient (Wildman–Crippen LogP) is 2.25. The Labute approximate surface area is 94.7 Å². The Morgan fingerprint density at radius 3 is 2.62 bits per heavy atom. The maximum absolute atomic E-state index is 10.8. The molecule has 0 saturated carbocycles. The van der Waals surface area contributed by atoms with Gasteiger partial charge in [-0.25, -0.2) is 0 Å². The van der Waals surface area contributed by atoms with Gasteiger partial charge < -0.3 is 9.47 Å². The van der Waals surface area contributed by atoms with Gasteiger partial charge in [0.25, 0.3) is 0 Å². The summed E-state index contributed by atoms with van der Waals surface area (Å²) in [7, 11) is 0. The summed E-state index contributed by atoms with van der Waals surface area (Å²) >= 11 is 0. The van der Waals surface area contributed by atoms with E-state index >= 15 is 0 Å². The number of rotatable bonds is 2. The van der Waals surface area contributed by atoms with E-state index in [-0.39, 0.29) is 18.2 Å². The van der Waals surface area contributed by atoms with Crippen molar-refractivity contribution in [3.05, 3.63) is 48.0 Å². The predicted molar refractivity (Wildman–Crippen MR) is 59.8 cm³/mol. The molecule has 16 heavy (non-hydrogen) atoms. The summed E-state index contributed by atoms with van der Waals surface area (Å²) < 4.78 is 10.6. The average molecular weight is 218 g/mol. The Hall–Kier alpha value is -1.61. The normalized spacial score (nSPS) is 24.1. The maximum atomic E-state index is 10.8. The van der Waals surface area contributed by atoms with Gasteiger partial charge in [0.15, 0.2) is 0 Å². The highest BCUT2D eigenvalue weighted by Gasteiger charge is 2.18. The fourth-order valence-corrected chi connectivity index (χ4v) is 1.67. The summed E-state index contributed by atoms with van der Waals surface area (Å²) in [5.41, 5.74) is 1.11. The van der Waals surface area contributed by atoms with E-state index in [2.05, 4.69) is 0 Å². The molecule has 0 bridgehead atoms. The summed E-state index contributed by atoms with van der Waals surface area (Å²) in [5.74, 6) is -0.281. The van der Waals surface area contributed by atoms with Crippen molar-refractivity contribution >= 4 is 5.97 Å². The first-order valence-electron chi connectivity index (χ1n) is 5.28. The Morgan fingerprint density at radius 1 is 1.31 bits per heavy atom. The highest BCUT2D eigenvalue weighted by Crippen LogP contribution is 2.23. The molecule has 1 aliphatic heterocycles. The molecule has 0 fully saturated rings. The third kappa shape index (κ3) is 2.70. The van der Waals surface area contributed by atoms with Crippen molar-refractivity contribution in [3.8, 4) is 0 Å². The molecule has 0 N–H and O–H groups in total. The summed E-state index contributed by atoms with van der Waals surface area (Å²) in [4.78, 5) is 10.8. The number of hydrogen-bond donors (Lipinski definition) is 0. The lowest BCUT2D eigenvalue weighted by atomic mass is 10.1. The molecule has 1 aromatic carbocycles. The Balaban J connectivity index is 2.00. The molecule has 2 atom stereocenters. The van der Waals surface area contributed by atoms with Crippen LogP contribution in [0.2, 0.25) is 0 Å². The van der Waals surface area contributed by atoms with Crippen LogP contribution in [0.5, 0.6) is 0 Å². The number of benzene rings is 1. The maximum Gasteiger partial charge on any atom is 0.303 e. The SMILES string of the molecule is CC(=O)O[C@H]1C=C[C@H](c2ccccc2)OC1. The van der Waals surface area contributed by atoms with E-state index < -0.39 is 0 Å². The molecule has 0 radical (unpaired) electrons. The van der Waals surface area contributed by atoms with Crippen LogP contribution in [-0.2, 0) is 14.3 Å². The minimum atomic E-state index is -0.281. The molecule has 1 aromatic rings. The van der Waals surface area contributed by atoms with E-state index in [0.29, 0.717) is 6.61 Å². The van der Waals surface area contributed by atoms with Gasteiger partial charge in [0, 0.05) is 6.92 Å². The second-order valence-electron chi connectivity index (χ2n) is 3.70. The smallest absolute Gasteiger partial charge is 0.303 e. The highest BCUT2D eigenvalue weighted by atomic mass is 16.6. The molecule has 3 nitrogen and oxygen atoms in total. The van der Waals surface area contributed by atoms with Crippen LogP contribution in [0.1, 0.15) is 18.6 Å². The Morgan fingerprint density at radius 2 is 2.06 bits per heavy atom. The molecule has 0 aromatic heterocycles. The van der Waals surface area contributed by atoms with E-state index in [1.54, 1.807) is 0 Å². The number of carbonyl (C=O) groups excluding carboxylic acids is 1. The molecule has 1 heterocycles. The summed E-state index contributed by atoms with van der Waals surface area (Å²) in [5, 5.41) is 0. The van der Waals surface area contributed by atoms with E-state index in [1.807, 2.05) is 42.5 Å². The molecule has 84 valence electrons. The van der Waals surface area contributed by atoms with Crippen LogP contribution in [0.4, 0.5) is 0 Å². The van der Waals surface area contributed by atoms with Crippen LogP contribution in [0.25, 0.3) is 0 Å². The zero-order valence-electron chi connectivity index (χ0n) is 9.13. The minimum Gasteiger partial charge on any atom is -0.456 e. The number of carbonyl (C=O) groups is 1. The molecule has 0 unspecified atom stereocenters. The summed E-state index contributed by atoms with van der Waals surface area (Å²) in [6.45, 7) is 1.81. The number of ether oxygens (including phenoxy) is 2. The van der Waals surface area contributed by atoms with Crippen molar-refractivity contribution in [2.45, 2.75) is 19.1 Å². The first-order chi connectivity index (χ1) is 7.75. The summed E-state index contributed by atoms with van der Waals surface area (Å²) in [6, 6.07) is 9.95. The quantitative estimate of drug-likeness (QED) is 0.564. The Kier molecular flexibility index (Phi) is 3.37. The minimum absolute atomic E-state index is 0.0343. The zero-order valence-corrected chi connectivity index (χ0v) is 9.13. The topological polar surface area (TPSA) is 35.5 Å². The molecule has 1 aliphatic rings. The monoisotopic (exact) mass is 218 g/mol. The van der Waals surface area contributed by atoms with Crippen LogP contribution in [0.15, 0.2) is 42.5 Å². The third-order valence-corrected chi connectivity index (χ3v) is 2.39. The highest BCUT2D eigenvalue weighted by molar-refractivity contribution is 5.66. The second kappa shape index (κ2) is 4.94. The van der Waals surface area contributed by atoms with Crippen molar-refractivity contribution in [3.63, 3.8) is 0 Å². The third-order valence-electron chi connectivity index (χ3n) is 2.39. The molecule has 0 saturated heterocycles. The van der Waals surface area contributed by atoms with Gasteiger partial charge in [0.2, 0.25) is 0 Å². The van der Waals surface area contributed by atoms with Gasteiger partial charge in [-0.15, -0.1) is 0 Å². The van der Waals surface area contributed by atoms with Gasteiger partial charge in [-0.2, -0.15) is 0 Å². The van der Waals surface area contributed by atoms with Gasteiger partial charge in [0.05, 0.1) is 6.61 Å². The second-order valence-corrected chi connectivity index (χ2v) is 3.70. The fourth-order valence-electron chi connectivity index (χ4n) is 1.67. The van der Waals surface area contributed by atoms with Gasteiger partial charge in [0.1, 0.15) is 12.2 Å². The van der Waals surface area contributed by atoms with Crippen molar-refractivity contribution in [1.82, 2.24) is 0 Å². The lowest BCUT2D eigenvalue weighted by molar-refractivity contribution is -0.148. The molecule has 2 rings (SSSR count). The van der Waals surface area contributed by atoms with E-state index in [9.17, 15) is 4.79 Å². The zero-order chi connectivity index (χ0) is 11.4. The molecule has 3 heteroatoms. The van der Waals surface area contributed by atoms with Crippen LogP contribution < -0.4 is 0 Å². The summed E-state index contributed by atoms with van der Waals surface area (Å²) in [6.07, 6.45) is 3.51. The van der Waals surface area contributed by atoms with Gasteiger partial charge in [-0.05, 0) is 11.6 Å². The first kappa shape index (κ1) is 10.9. The van der Waals surface area contributed by atoms with E-state index in [1.165, 1.54) is 6.92 Å². The van der Waals surface area contributed by atoms with Crippen molar-refractivity contribution in [2.75, 3.05) is 6.61 Å². The standard InChI is InChI=1S/C13H14O3/c1-10(14)16-12-7-8-13(15-9-12)11-5-3-2-4-6-11/h2-8,12-13H,9H2,1H3/t12-,13+/m0/s1. The van der Waals surface area contributed by atoms with E-state index in [4.69, 9.17) is 9.47 Å². The average Bonchev–Trinajstić information content (AvgIpc) is 2.30. The van der Waals surface area contributed by atoms with E-state index in [0.717, 1.165) is 5.56 Å². The molecular weight excluding hydrogens is 204 g/mol. The number of hydrogen-bond acceptors (Lipinski definition) is 3. The number of esters is 1. The molecule has 0 aliphatic carbocycles. The van der Waals surface area contributed by atoms with Gasteiger partial charge in [-0.3, -0.25) is 4.79 Å². The van der Waals surface area contributed by atoms with Crippen molar-refractivity contribution < 1.29 is 14.3 Å². The molecular formula is C13H14O3. The van der Waals surface area contributed by atoms with Crippen LogP contribution in [-0.4, -0.2) is 18.7 Å². The van der Waals surface area contributed by atoms with Crippen LogP contribution in [0, 0.1) is 0 Å². The van der Waals surface area contributed by atoms with Crippen molar-refractivity contribution in [1.29, 1.82) is 0 Å². The molecule has 0 spiro atoms. The van der Waals surface area contributed by atoms with Gasteiger partial charge in [-0.1, -0.05) is 36.4 Å². The first-order valence-corrected chi connectivity index (χ1v) is 5.28.